The Bertz CT molecular complexity index is 512. The number of amides is 1. The van der Waals surface area contributed by atoms with Gasteiger partial charge in [-0.25, -0.2) is 0 Å². The minimum Gasteiger partial charge on any atom is -0.356 e. The van der Waals surface area contributed by atoms with E-state index in [0.29, 0.717) is 16.7 Å². The van der Waals surface area contributed by atoms with Crippen LogP contribution >= 0.6 is 0 Å². The van der Waals surface area contributed by atoms with E-state index >= 15 is 0 Å². The molecule has 102 valence electrons. The van der Waals surface area contributed by atoms with Crippen LogP contribution in [0.4, 0.5) is 0 Å². The quantitative estimate of drug-likeness (QED) is 0.831. The highest BCUT2D eigenvalue weighted by atomic mass is 16.2. The van der Waals surface area contributed by atoms with Crippen molar-refractivity contribution in [1.29, 1.82) is 0 Å². The van der Waals surface area contributed by atoms with Gasteiger partial charge in [0, 0.05) is 24.8 Å². The highest BCUT2D eigenvalue weighted by Crippen LogP contribution is 2.45. The summed E-state index contributed by atoms with van der Waals surface area (Å²) in [6, 6.07) is 1.67. The smallest absolute Gasteiger partial charge is 0.270 e. The third kappa shape index (κ3) is 2.20. The van der Waals surface area contributed by atoms with Gasteiger partial charge in [-0.2, -0.15) is 0 Å². The molecule has 0 aromatic carbocycles. The second-order valence-electron chi connectivity index (χ2n) is 6.04. The molecule has 1 N–H and O–H groups in total. The van der Waals surface area contributed by atoms with Gasteiger partial charge in [-0.1, -0.05) is 12.8 Å². The van der Waals surface area contributed by atoms with Crippen LogP contribution in [0.25, 0.3) is 0 Å². The molecule has 0 unspecified atom stereocenters. The molecule has 0 radical (unpaired) electrons. The first-order valence-corrected chi connectivity index (χ1v) is 7.08. The zero-order valence-corrected chi connectivity index (χ0v) is 11.4. The van der Waals surface area contributed by atoms with Crippen molar-refractivity contribution in [1.82, 2.24) is 9.88 Å². The van der Waals surface area contributed by atoms with Crippen LogP contribution in [-0.4, -0.2) is 34.7 Å². The van der Waals surface area contributed by atoms with Crippen molar-refractivity contribution < 1.29 is 9.59 Å². The lowest BCUT2D eigenvalue weighted by molar-refractivity contribution is 0.0768. The molecule has 1 saturated carbocycles. The fraction of sp³-hybridized carbons (Fsp3) is 0.600. The van der Waals surface area contributed by atoms with E-state index < -0.39 is 0 Å². The zero-order valence-electron chi connectivity index (χ0n) is 11.4. The van der Waals surface area contributed by atoms with E-state index in [1.807, 2.05) is 4.90 Å². The maximum absolute atomic E-state index is 12.4. The summed E-state index contributed by atoms with van der Waals surface area (Å²) in [6.45, 7) is 3.26. The first-order chi connectivity index (χ1) is 9.10. The third-order valence-corrected chi connectivity index (χ3v) is 4.71. The van der Waals surface area contributed by atoms with Crippen LogP contribution in [0.1, 0.15) is 59.9 Å². The molecule has 1 saturated heterocycles. The Morgan fingerprint density at radius 3 is 2.63 bits per heavy atom. The number of carbonyl (C=O) groups excluding carboxylic acids is 2. The lowest BCUT2D eigenvalue weighted by atomic mass is 9.86. The number of hydrogen-bond acceptors (Lipinski definition) is 2. The maximum atomic E-state index is 12.4. The first-order valence-electron chi connectivity index (χ1n) is 7.08. The van der Waals surface area contributed by atoms with Crippen LogP contribution in [0.15, 0.2) is 12.3 Å². The summed E-state index contributed by atoms with van der Waals surface area (Å²) in [5, 5.41) is 0. The number of hydrogen-bond donors (Lipinski definition) is 1. The number of H-pyrrole nitrogens is 1. The molecule has 1 spiro atoms. The summed E-state index contributed by atoms with van der Waals surface area (Å²) in [6.07, 6.45) is 7.90. The lowest BCUT2D eigenvalue weighted by Gasteiger charge is -2.23. The fourth-order valence-electron chi connectivity index (χ4n) is 3.53. The molecule has 2 fully saturated rings. The van der Waals surface area contributed by atoms with Gasteiger partial charge in [0.15, 0.2) is 5.78 Å². The Kier molecular flexibility index (Phi) is 2.96. The van der Waals surface area contributed by atoms with Crippen molar-refractivity contribution in [2.45, 2.75) is 39.0 Å². The van der Waals surface area contributed by atoms with Gasteiger partial charge in [-0.3, -0.25) is 9.59 Å². The van der Waals surface area contributed by atoms with Crippen LogP contribution < -0.4 is 0 Å². The summed E-state index contributed by atoms with van der Waals surface area (Å²) in [4.78, 5) is 28.5. The van der Waals surface area contributed by atoms with E-state index in [9.17, 15) is 9.59 Å². The van der Waals surface area contributed by atoms with Crippen molar-refractivity contribution in [2.24, 2.45) is 5.41 Å². The molecular formula is C15H20N2O2. The second-order valence-corrected chi connectivity index (χ2v) is 6.04. The predicted molar refractivity (Wildman–Crippen MR) is 72.2 cm³/mol. The number of nitrogens with zero attached hydrogens (tertiary/aromatic N) is 1. The van der Waals surface area contributed by atoms with Gasteiger partial charge in [-0.15, -0.1) is 0 Å². The van der Waals surface area contributed by atoms with Crippen LogP contribution in [0.2, 0.25) is 0 Å². The molecule has 0 atom stereocenters. The van der Waals surface area contributed by atoms with Crippen LogP contribution in [0, 0.1) is 5.41 Å². The topological polar surface area (TPSA) is 53.2 Å². The standard InChI is InChI=1S/C15H20N2O2/c1-11(18)12-8-13(16-9-12)14(19)17-7-6-15(10-17)4-2-3-5-15/h8-9,16H,2-7,10H2,1H3. The molecule has 19 heavy (non-hydrogen) atoms. The number of aromatic nitrogens is 1. The first kappa shape index (κ1) is 12.5. The molecule has 2 aliphatic rings. The van der Waals surface area contributed by atoms with Crippen LogP contribution in [0.3, 0.4) is 0 Å². The molecule has 1 aromatic rings. The van der Waals surface area contributed by atoms with E-state index in [-0.39, 0.29) is 11.7 Å². The van der Waals surface area contributed by atoms with Gasteiger partial charge < -0.3 is 9.88 Å². The Morgan fingerprint density at radius 1 is 1.26 bits per heavy atom. The highest BCUT2D eigenvalue weighted by molar-refractivity contribution is 5.99. The van der Waals surface area contributed by atoms with Crippen molar-refractivity contribution in [3.63, 3.8) is 0 Å². The SMILES string of the molecule is CC(=O)c1c[nH]c(C(=O)N2CCC3(CCCC3)C2)c1. The van der Waals surface area contributed by atoms with Gasteiger partial charge in [0.25, 0.3) is 5.91 Å². The van der Waals surface area contributed by atoms with Gasteiger partial charge >= 0.3 is 0 Å². The number of carbonyl (C=O) groups is 2. The normalized spacial score (nSPS) is 21.2. The summed E-state index contributed by atoms with van der Waals surface area (Å²) >= 11 is 0. The highest BCUT2D eigenvalue weighted by Gasteiger charge is 2.41. The van der Waals surface area contributed by atoms with Crippen molar-refractivity contribution in [2.75, 3.05) is 13.1 Å². The Morgan fingerprint density at radius 2 is 2.00 bits per heavy atom. The second kappa shape index (κ2) is 4.51. The third-order valence-electron chi connectivity index (χ3n) is 4.71. The Labute approximate surface area is 113 Å². The van der Waals surface area contributed by atoms with Crippen molar-refractivity contribution in [3.05, 3.63) is 23.5 Å². The fourth-order valence-corrected chi connectivity index (χ4v) is 3.53. The maximum Gasteiger partial charge on any atom is 0.270 e. The van der Waals surface area contributed by atoms with Gasteiger partial charge in [0.05, 0.1) is 0 Å². The minimum absolute atomic E-state index is 0.0102. The molecule has 0 bridgehead atoms. The van der Waals surface area contributed by atoms with Crippen molar-refractivity contribution >= 4 is 11.7 Å². The molecule has 1 aliphatic heterocycles. The number of likely N-dealkylation sites (tertiary alicyclic amines) is 1. The summed E-state index contributed by atoms with van der Waals surface area (Å²) < 4.78 is 0. The largest absolute Gasteiger partial charge is 0.356 e. The van der Waals surface area contributed by atoms with E-state index in [1.165, 1.54) is 32.6 Å². The summed E-state index contributed by atoms with van der Waals surface area (Å²) in [5.74, 6) is 0.0280. The molecule has 1 aromatic heterocycles. The molecule has 1 aliphatic carbocycles. The van der Waals surface area contributed by atoms with E-state index in [0.717, 1.165) is 19.5 Å². The molecule has 3 rings (SSSR count). The summed E-state index contributed by atoms with van der Waals surface area (Å²) in [5.41, 5.74) is 1.52. The molecule has 4 heteroatoms. The Hall–Kier alpha value is -1.58. The van der Waals surface area contributed by atoms with Crippen LogP contribution in [0.5, 0.6) is 0 Å². The number of Topliss-reactive ketones (excluding diaryl/α,β-unsaturated/α-hetero) is 1. The average Bonchev–Trinajstić information content (AvgIpc) is 3.11. The van der Waals surface area contributed by atoms with Crippen molar-refractivity contribution in [3.8, 4) is 0 Å². The Balaban J connectivity index is 1.72. The number of ketones is 1. The van der Waals surface area contributed by atoms with Gasteiger partial charge in [-0.05, 0) is 37.7 Å². The lowest BCUT2D eigenvalue weighted by Crippen LogP contribution is -2.31. The number of rotatable bonds is 2. The predicted octanol–water partition coefficient (Wildman–Crippen LogP) is 2.62. The van der Waals surface area contributed by atoms with E-state index in [4.69, 9.17) is 0 Å². The molecule has 4 nitrogen and oxygen atoms in total. The van der Waals surface area contributed by atoms with Gasteiger partial charge in [0.2, 0.25) is 0 Å². The number of nitrogens with one attached hydrogen (secondary N) is 1. The zero-order chi connectivity index (χ0) is 13.5. The van der Waals surface area contributed by atoms with E-state index in [1.54, 1.807) is 12.3 Å². The minimum atomic E-state index is -0.0102. The van der Waals surface area contributed by atoms with Gasteiger partial charge in [0.1, 0.15) is 5.69 Å². The average molecular weight is 260 g/mol. The summed E-state index contributed by atoms with van der Waals surface area (Å²) in [7, 11) is 0. The molecular weight excluding hydrogens is 240 g/mol. The molecule has 1 amide bonds. The molecule has 2 heterocycles. The number of aromatic amines is 1. The monoisotopic (exact) mass is 260 g/mol. The van der Waals surface area contributed by atoms with E-state index in [2.05, 4.69) is 4.98 Å². The van der Waals surface area contributed by atoms with Crippen LogP contribution in [-0.2, 0) is 0 Å².